The van der Waals surface area contributed by atoms with Gasteiger partial charge in [-0.15, -0.1) is 0 Å². The first-order chi connectivity index (χ1) is 8.26. The van der Waals surface area contributed by atoms with Crippen molar-refractivity contribution in [2.45, 2.75) is 46.8 Å². The van der Waals surface area contributed by atoms with E-state index in [9.17, 15) is 5.11 Å². The Morgan fingerprint density at radius 1 is 1.22 bits per heavy atom. The quantitative estimate of drug-likeness (QED) is 0.845. The first-order valence-corrected chi connectivity index (χ1v) is 6.33. The molecule has 0 aliphatic rings. The van der Waals surface area contributed by atoms with Gasteiger partial charge < -0.3 is 15.2 Å². The molecule has 1 aromatic rings. The van der Waals surface area contributed by atoms with Crippen molar-refractivity contribution in [3.05, 3.63) is 28.3 Å². The molecule has 0 saturated heterocycles. The minimum Gasteiger partial charge on any atom is -0.496 e. The van der Waals surface area contributed by atoms with Crippen LogP contribution in [0.5, 0.6) is 5.75 Å². The van der Waals surface area contributed by atoms with E-state index >= 15 is 0 Å². The molecule has 0 radical (unpaired) electrons. The Morgan fingerprint density at radius 2 is 1.83 bits per heavy atom. The fourth-order valence-corrected chi connectivity index (χ4v) is 2.09. The van der Waals surface area contributed by atoms with Crippen LogP contribution < -0.4 is 10.1 Å². The zero-order chi connectivity index (χ0) is 13.9. The Hall–Kier alpha value is -1.06. The molecule has 0 saturated carbocycles. The fraction of sp³-hybridized carbons (Fsp3) is 0.600. The van der Waals surface area contributed by atoms with Crippen LogP contribution >= 0.6 is 0 Å². The Labute approximate surface area is 110 Å². The maximum absolute atomic E-state index is 9.70. The van der Waals surface area contributed by atoms with E-state index in [-0.39, 0.29) is 0 Å². The van der Waals surface area contributed by atoms with E-state index in [0.29, 0.717) is 13.1 Å². The van der Waals surface area contributed by atoms with Crippen LogP contribution in [0.15, 0.2) is 6.07 Å². The van der Waals surface area contributed by atoms with Crippen molar-refractivity contribution < 1.29 is 9.84 Å². The molecule has 0 spiro atoms. The highest BCUT2D eigenvalue weighted by Crippen LogP contribution is 2.29. The van der Waals surface area contributed by atoms with Gasteiger partial charge in [0.25, 0.3) is 0 Å². The Bertz CT molecular complexity index is 419. The second-order valence-corrected chi connectivity index (χ2v) is 5.56. The molecule has 3 heteroatoms. The lowest BCUT2D eigenvalue weighted by molar-refractivity contribution is 0.0794. The first-order valence-electron chi connectivity index (χ1n) is 6.33. The average molecular weight is 251 g/mol. The summed E-state index contributed by atoms with van der Waals surface area (Å²) < 4.78 is 5.52. The van der Waals surface area contributed by atoms with Crippen molar-refractivity contribution in [3.63, 3.8) is 0 Å². The van der Waals surface area contributed by atoms with Crippen LogP contribution in [0.1, 0.15) is 36.1 Å². The summed E-state index contributed by atoms with van der Waals surface area (Å²) in [7, 11) is 1.71. The smallest absolute Gasteiger partial charge is 0.126 e. The molecule has 18 heavy (non-hydrogen) atoms. The van der Waals surface area contributed by atoms with E-state index < -0.39 is 5.60 Å². The van der Waals surface area contributed by atoms with Crippen LogP contribution in [0.25, 0.3) is 0 Å². The maximum atomic E-state index is 9.70. The van der Waals surface area contributed by atoms with Crippen molar-refractivity contribution in [1.29, 1.82) is 0 Å². The number of benzene rings is 1. The summed E-state index contributed by atoms with van der Waals surface area (Å²) in [5, 5.41) is 13.0. The molecule has 0 aromatic heterocycles. The molecular weight excluding hydrogens is 226 g/mol. The summed E-state index contributed by atoms with van der Waals surface area (Å²) in [6.07, 6.45) is 0. The lowest BCUT2D eigenvalue weighted by Gasteiger charge is -2.20. The predicted molar refractivity (Wildman–Crippen MR) is 75.2 cm³/mol. The average Bonchev–Trinajstić information content (AvgIpc) is 2.24. The summed E-state index contributed by atoms with van der Waals surface area (Å²) in [6.45, 7) is 11.1. The third kappa shape index (κ3) is 3.72. The maximum Gasteiger partial charge on any atom is 0.126 e. The first kappa shape index (κ1) is 15.0. The van der Waals surface area contributed by atoms with Crippen molar-refractivity contribution >= 4 is 0 Å². The molecule has 2 N–H and O–H groups in total. The monoisotopic (exact) mass is 251 g/mol. The molecular formula is C15H25NO2. The van der Waals surface area contributed by atoms with Gasteiger partial charge in [0.05, 0.1) is 12.7 Å². The van der Waals surface area contributed by atoms with Gasteiger partial charge in [-0.3, -0.25) is 0 Å². The SMILES string of the molecule is COc1c(C)c(C)cc(C)c1CNCC(C)(C)O. The molecule has 0 heterocycles. The van der Waals surface area contributed by atoms with Gasteiger partial charge in [0.1, 0.15) is 5.75 Å². The van der Waals surface area contributed by atoms with E-state index in [0.717, 1.165) is 5.75 Å². The largest absolute Gasteiger partial charge is 0.496 e. The summed E-state index contributed by atoms with van der Waals surface area (Å²) in [5.74, 6) is 0.954. The van der Waals surface area contributed by atoms with Crippen LogP contribution in [0.4, 0.5) is 0 Å². The van der Waals surface area contributed by atoms with E-state index in [2.05, 4.69) is 32.2 Å². The Morgan fingerprint density at radius 3 is 2.33 bits per heavy atom. The van der Waals surface area contributed by atoms with E-state index in [1.807, 2.05) is 0 Å². The van der Waals surface area contributed by atoms with Gasteiger partial charge in [0.15, 0.2) is 0 Å². The zero-order valence-electron chi connectivity index (χ0n) is 12.3. The van der Waals surface area contributed by atoms with E-state index in [1.165, 1.54) is 22.3 Å². The van der Waals surface area contributed by atoms with Crippen LogP contribution in [-0.2, 0) is 6.54 Å². The summed E-state index contributed by atoms with van der Waals surface area (Å²) in [4.78, 5) is 0. The third-order valence-corrected chi connectivity index (χ3v) is 3.18. The molecule has 0 aliphatic heterocycles. The van der Waals surface area contributed by atoms with E-state index in [1.54, 1.807) is 21.0 Å². The molecule has 1 aromatic carbocycles. The number of hydrogen-bond acceptors (Lipinski definition) is 3. The summed E-state index contributed by atoms with van der Waals surface area (Å²) in [6, 6.07) is 2.18. The zero-order valence-corrected chi connectivity index (χ0v) is 12.3. The second-order valence-electron chi connectivity index (χ2n) is 5.56. The molecule has 0 atom stereocenters. The highest BCUT2D eigenvalue weighted by molar-refractivity contribution is 5.49. The van der Waals surface area contributed by atoms with Gasteiger partial charge >= 0.3 is 0 Å². The van der Waals surface area contributed by atoms with Gasteiger partial charge in [-0.25, -0.2) is 0 Å². The molecule has 0 amide bonds. The predicted octanol–water partition coefficient (Wildman–Crippen LogP) is 2.48. The number of aryl methyl sites for hydroxylation is 2. The van der Waals surface area contributed by atoms with Crippen molar-refractivity contribution in [1.82, 2.24) is 5.32 Å². The number of methoxy groups -OCH3 is 1. The Kier molecular flexibility index (Phi) is 4.77. The summed E-state index contributed by atoms with van der Waals surface area (Å²) in [5.41, 5.74) is 4.13. The third-order valence-electron chi connectivity index (χ3n) is 3.18. The highest BCUT2D eigenvalue weighted by atomic mass is 16.5. The van der Waals surface area contributed by atoms with Crippen LogP contribution in [0.2, 0.25) is 0 Å². The lowest BCUT2D eigenvalue weighted by atomic mass is 9.98. The van der Waals surface area contributed by atoms with Gasteiger partial charge in [-0.05, 0) is 51.3 Å². The van der Waals surface area contributed by atoms with Gasteiger partial charge in [-0.2, -0.15) is 0 Å². The van der Waals surface area contributed by atoms with E-state index in [4.69, 9.17) is 4.74 Å². The molecule has 102 valence electrons. The number of nitrogens with one attached hydrogen (secondary N) is 1. The number of ether oxygens (including phenoxy) is 1. The van der Waals surface area contributed by atoms with Crippen molar-refractivity contribution in [2.24, 2.45) is 0 Å². The minimum absolute atomic E-state index is 0.558. The van der Waals surface area contributed by atoms with Gasteiger partial charge in [-0.1, -0.05) is 6.07 Å². The lowest BCUT2D eigenvalue weighted by Crippen LogP contribution is -2.34. The van der Waals surface area contributed by atoms with Gasteiger partial charge in [0, 0.05) is 18.7 Å². The molecule has 0 fully saturated rings. The van der Waals surface area contributed by atoms with Crippen LogP contribution in [0.3, 0.4) is 0 Å². The van der Waals surface area contributed by atoms with Crippen LogP contribution in [-0.4, -0.2) is 24.4 Å². The standard InChI is InChI=1S/C15H25NO2/c1-10-7-11(2)13(14(18-6)12(10)3)8-16-9-15(4,5)17/h7,16-17H,8-9H2,1-6H3. The molecule has 3 nitrogen and oxygen atoms in total. The van der Waals surface area contributed by atoms with Crippen LogP contribution in [0, 0.1) is 20.8 Å². The summed E-state index contributed by atoms with van der Waals surface area (Å²) >= 11 is 0. The van der Waals surface area contributed by atoms with Gasteiger partial charge in [0.2, 0.25) is 0 Å². The van der Waals surface area contributed by atoms with Crippen molar-refractivity contribution in [3.8, 4) is 5.75 Å². The fourth-order valence-electron chi connectivity index (χ4n) is 2.09. The molecule has 0 aliphatic carbocycles. The second kappa shape index (κ2) is 5.72. The highest BCUT2D eigenvalue weighted by Gasteiger charge is 2.15. The minimum atomic E-state index is -0.694. The number of hydrogen-bond donors (Lipinski definition) is 2. The normalized spacial score (nSPS) is 11.7. The number of aliphatic hydroxyl groups is 1. The van der Waals surface area contributed by atoms with Crippen molar-refractivity contribution in [2.75, 3.05) is 13.7 Å². The Balaban J connectivity index is 2.91. The number of rotatable bonds is 5. The molecule has 0 bridgehead atoms. The molecule has 1 rings (SSSR count). The molecule has 0 unspecified atom stereocenters. The topological polar surface area (TPSA) is 41.5 Å².